The molecule has 0 spiro atoms. The van der Waals surface area contributed by atoms with Crippen LogP contribution in [0.2, 0.25) is 0 Å². The SMILES string of the molecule is Cn1nc(CCc2ccccc2)c(-c2ccncc2)c1N. The van der Waals surface area contributed by atoms with Gasteiger partial charge in [-0.2, -0.15) is 5.10 Å². The van der Waals surface area contributed by atoms with Crippen molar-refractivity contribution in [2.24, 2.45) is 7.05 Å². The van der Waals surface area contributed by atoms with Crippen molar-refractivity contribution in [2.75, 3.05) is 5.73 Å². The Bertz CT molecular complexity index is 717. The number of hydrogen-bond donors (Lipinski definition) is 1. The van der Waals surface area contributed by atoms with Crippen molar-refractivity contribution >= 4 is 5.82 Å². The smallest absolute Gasteiger partial charge is 0.129 e. The normalized spacial score (nSPS) is 10.7. The first-order valence-electron chi connectivity index (χ1n) is 7.01. The van der Waals surface area contributed by atoms with E-state index < -0.39 is 0 Å². The predicted molar refractivity (Wildman–Crippen MR) is 84.7 cm³/mol. The fourth-order valence-corrected chi connectivity index (χ4v) is 2.51. The van der Waals surface area contributed by atoms with Gasteiger partial charge in [-0.1, -0.05) is 30.3 Å². The molecule has 0 saturated heterocycles. The van der Waals surface area contributed by atoms with Crippen molar-refractivity contribution in [3.8, 4) is 11.1 Å². The second-order valence-electron chi connectivity index (χ2n) is 5.05. The molecule has 4 nitrogen and oxygen atoms in total. The molecule has 0 saturated carbocycles. The molecule has 0 aliphatic carbocycles. The van der Waals surface area contributed by atoms with Crippen molar-refractivity contribution in [2.45, 2.75) is 12.8 Å². The van der Waals surface area contributed by atoms with Crippen LogP contribution in [-0.2, 0) is 19.9 Å². The number of nitrogens with zero attached hydrogens (tertiary/aromatic N) is 3. The number of rotatable bonds is 4. The molecule has 0 unspecified atom stereocenters. The fraction of sp³-hybridized carbons (Fsp3) is 0.176. The molecule has 1 aromatic carbocycles. The van der Waals surface area contributed by atoms with Crippen LogP contribution in [0.4, 0.5) is 5.82 Å². The van der Waals surface area contributed by atoms with E-state index in [9.17, 15) is 0 Å². The molecule has 0 bridgehead atoms. The van der Waals surface area contributed by atoms with E-state index in [4.69, 9.17) is 5.73 Å². The lowest BCUT2D eigenvalue weighted by atomic mass is 10.0. The van der Waals surface area contributed by atoms with Crippen LogP contribution in [0.1, 0.15) is 11.3 Å². The molecule has 2 heterocycles. The van der Waals surface area contributed by atoms with Gasteiger partial charge in [0, 0.05) is 25.0 Å². The lowest BCUT2D eigenvalue weighted by Crippen LogP contribution is -1.98. The van der Waals surface area contributed by atoms with Crippen LogP contribution in [0.25, 0.3) is 11.1 Å². The van der Waals surface area contributed by atoms with Crippen LogP contribution in [0, 0.1) is 0 Å². The van der Waals surface area contributed by atoms with Gasteiger partial charge in [0.1, 0.15) is 5.82 Å². The largest absolute Gasteiger partial charge is 0.383 e. The minimum Gasteiger partial charge on any atom is -0.383 e. The summed E-state index contributed by atoms with van der Waals surface area (Å²) < 4.78 is 1.75. The number of pyridine rings is 1. The summed E-state index contributed by atoms with van der Waals surface area (Å²) in [4.78, 5) is 4.06. The van der Waals surface area contributed by atoms with E-state index >= 15 is 0 Å². The van der Waals surface area contributed by atoms with Gasteiger partial charge in [0.05, 0.1) is 5.69 Å². The van der Waals surface area contributed by atoms with Crippen LogP contribution in [-0.4, -0.2) is 14.8 Å². The molecular formula is C17H18N4. The average molecular weight is 278 g/mol. The summed E-state index contributed by atoms with van der Waals surface area (Å²) in [6.07, 6.45) is 5.38. The number of anilines is 1. The topological polar surface area (TPSA) is 56.7 Å². The Morgan fingerprint density at radius 3 is 2.43 bits per heavy atom. The maximum atomic E-state index is 6.18. The monoisotopic (exact) mass is 278 g/mol. The number of aromatic nitrogens is 3. The first-order chi connectivity index (χ1) is 10.3. The maximum Gasteiger partial charge on any atom is 0.129 e. The minimum absolute atomic E-state index is 0.698. The minimum atomic E-state index is 0.698. The Morgan fingerprint density at radius 1 is 1.00 bits per heavy atom. The number of nitrogen functional groups attached to an aromatic ring is 1. The quantitative estimate of drug-likeness (QED) is 0.798. The molecule has 0 fully saturated rings. The Balaban J connectivity index is 1.91. The Kier molecular flexibility index (Phi) is 3.69. The lowest BCUT2D eigenvalue weighted by Gasteiger charge is -2.04. The molecule has 4 heteroatoms. The Morgan fingerprint density at radius 2 is 1.71 bits per heavy atom. The van der Waals surface area contributed by atoms with E-state index in [0.717, 1.165) is 29.7 Å². The number of benzene rings is 1. The third kappa shape index (κ3) is 2.79. The van der Waals surface area contributed by atoms with Gasteiger partial charge in [-0.05, 0) is 36.1 Å². The number of hydrogen-bond acceptors (Lipinski definition) is 3. The summed E-state index contributed by atoms with van der Waals surface area (Å²) >= 11 is 0. The summed E-state index contributed by atoms with van der Waals surface area (Å²) in [6, 6.07) is 14.4. The van der Waals surface area contributed by atoms with Gasteiger partial charge < -0.3 is 5.73 Å². The highest BCUT2D eigenvalue weighted by atomic mass is 15.3. The van der Waals surface area contributed by atoms with Gasteiger partial charge in [-0.25, -0.2) is 0 Å². The molecule has 2 aromatic heterocycles. The predicted octanol–water partition coefficient (Wildman–Crippen LogP) is 2.85. The maximum absolute atomic E-state index is 6.18. The van der Waals surface area contributed by atoms with Gasteiger partial charge in [0.2, 0.25) is 0 Å². The molecule has 21 heavy (non-hydrogen) atoms. The Hall–Kier alpha value is -2.62. The highest BCUT2D eigenvalue weighted by Crippen LogP contribution is 2.29. The lowest BCUT2D eigenvalue weighted by molar-refractivity contribution is 0.745. The third-order valence-corrected chi connectivity index (χ3v) is 3.63. The molecule has 0 atom stereocenters. The molecule has 2 N–H and O–H groups in total. The van der Waals surface area contributed by atoms with E-state index in [0.29, 0.717) is 5.82 Å². The fourth-order valence-electron chi connectivity index (χ4n) is 2.51. The molecular weight excluding hydrogens is 260 g/mol. The molecule has 3 aromatic rings. The van der Waals surface area contributed by atoms with Crippen molar-refractivity contribution in [1.82, 2.24) is 14.8 Å². The van der Waals surface area contributed by atoms with Crippen LogP contribution in [0.5, 0.6) is 0 Å². The first-order valence-corrected chi connectivity index (χ1v) is 7.01. The molecule has 0 aliphatic rings. The molecule has 3 rings (SSSR count). The van der Waals surface area contributed by atoms with Crippen LogP contribution in [0.3, 0.4) is 0 Å². The molecule has 0 radical (unpaired) electrons. The van der Waals surface area contributed by atoms with Crippen molar-refractivity contribution < 1.29 is 0 Å². The van der Waals surface area contributed by atoms with Gasteiger partial charge in [0.15, 0.2) is 0 Å². The van der Waals surface area contributed by atoms with E-state index in [1.54, 1.807) is 17.1 Å². The molecule has 106 valence electrons. The Labute approximate surface area is 124 Å². The van der Waals surface area contributed by atoms with Gasteiger partial charge in [0.25, 0.3) is 0 Å². The van der Waals surface area contributed by atoms with E-state index in [2.05, 4.69) is 34.3 Å². The summed E-state index contributed by atoms with van der Waals surface area (Å²) in [5, 5.41) is 4.57. The molecule has 0 amide bonds. The van der Waals surface area contributed by atoms with E-state index in [-0.39, 0.29) is 0 Å². The standard InChI is InChI=1S/C17H18N4/c1-21-17(18)16(14-9-11-19-12-10-14)15(20-21)8-7-13-5-3-2-4-6-13/h2-6,9-12H,7-8,18H2,1H3. The van der Waals surface area contributed by atoms with Gasteiger partial charge in [-0.15, -0.1) is 0 Å². The van der Waals surface area contributed by atoms with Gasteiger partial charge >= 0.3 is 0 Å². The first kappa shape index (κ1) is 13.4. The summed E-state index contributed by atoms with van der Waals surface area (Å²) in [5.74, 6) is 0.698. The third-order valence-electron chi connectivity index (χ3n) is 3.63. The van der Waals surface area contributed by atoms with Crippen molar-refractivity contribution in [3.05, 3.63) is 66.1 Å². The zero-order chi connectivity index (χ0) is 14.7. The summed E-state index contributed by atoms with van der Waals surface area (Å²) in [6.45, 7) is 0. The second-order valence-corrected chi connectivity index (χ2v) is 5.05. The van der Waals surface area contributed by atoms with Crippen LogP contribution >= 0.6 is 0 Å². The summed E-state index contributed by atoms with van der Waals surface area (Å²) in [5.41, 5.74) is 10.6. The highest BCUT2D eigenvalue weighted by molar-refractivity contribution is 5.76. The summed E-state index contributed by atoms with van der Waals surface area (Å²) in [7, 11) is 1.88. The zero-order valence-corrected chi connectivity index (χ0v) is 12.0. The van der Waals surface area contributed by atoms with E-state index in [1.807, 2.05) is 25.2 Å². The number of nitrogens with two attached hydrogens (primary N) is 1. The highest BCUT2D eigenvalue weighted by Gasteiger charge is 2.15. The van der Waals surface area contributed by atoms with Gasteiger partial charge in [-0.3, -0.25) is 9.67 Å². The average Bonchev–Trinajstić information content (AvgIpc) is 2.82. The van der Waals surface area contributed by atoms with Crippen molar-refractivity contribution in [3.63, 3.8) is 0 Å². The van der Waals surface area contributed by atoms with Crippen LogP contribution < -0.4 is 5.73 Å². The second kappa shape index (κ2) is 5.79. The van der Waals surface area contributed by atoms with Crippen LogP contribution in [0.15, 0.2) is 54.9 Å². The van der Waals surface area contributed by atoms with Crippen molar-refractivity contribution in [1.29, 1.82) is 0 Å². The van der Waals surface area contributed by atoms with E-state index in [1.165, 1.54) is 5.56 Å². The zero-order valence-electron chi connectivity index (χ0n) is 12.0. The number of aryl methyl sites for hydroxylation is 3. The molecule has 0 aliphatic heterocycles.